The van der Waals surface area contributed by atoms with Crippen molar-refractivity contribution >= 4 is 45.3 Å². The molecule has 1 amide bonds. The van der Waals surface area contributed by atoms with E-state index in [1.165, 1.54) is 29.7 Å². The molecule has 24 heavy (non-hydrogen) atoms. The maximum atomic E-state index is 12.0. The smallest absolute Gasteiger partial charge is 0.281 e. The summed E-state index contributed by atoms with van der Waals surface area (Å²) in [6.07, 6.45) is 6.32. The molecule has 8 heteroatoms. The van der Waals surface area contributed by atoms with Gasteiger partial charge < -0.3 is 4.42 Å². The molecule has 0 spiro atoms. The summed E-state index contributed by atoms with van der Waals surface area (Å²) in [6, 6.07) is 9.65. The molecular formula is C16H11N3O4S. The lowest BCUT2D eigenvalue weighted by Crippen LogP contribution is -2.15. The number of allylic oxidation sites excluding steroid dienone is 1. The van der Waals surface area contributed by atoms with Crippen molar-refractivity contribution in [2.75, 3.05) is 0 Å². The maximum Gasteiger partial charge on any atom is 0.281 e. The molecule has 0 aliphatic heterocycles. The van der Waals surface area contributed by atoms with Gasteiger partial charge in [0.05, 0.1) is 16.1 Å². The first-order chi connectivity index (χ1) is 11.6. The molecule has 0 radical (unpaired) electrons. The van der Waals surface area contributed by atoms with Crippen LogP contribution in [0.5, 0.6) is 0 Å². The first kappa shape index (κ1) is 15.6. The number of carbonyl (C=O) groups excluding carboxylic acids is 1. The number of amides is 1. The number of hydrogen-bond acceptors (Lipinski definition) is 6. The first-order valence-electron chi connectivity index (χ1n) is 6.85. The van der Waals surface area contributed by atoms with Crippen LogP contribution in [0.1, 0.15) is 15.4 Å². The SMILES string of the molecule is O=C(NN=CC=Cc1ccco1)c1cc2cc([N+](=O)[O-])ccc2s1. The van der Waals surface area contributed by atoms with Crippen molar-refractivity contribution in [2.45, 2.75) is 0 Å². The number of nitrogens with zero attached hydrogens (tertiary/aromatic N) is 2. The average Bonchev–Trinajstić information content (AvgIpc) is 3.22. The van der Waals surface area contributed by atoms with Gasteiger partial charge in [-0.15, -0.1) is 11.3 Å². The number of hydrogen-bond donors (Lipinski definition) is 1. The highest BCUT2D eigenvalue weighted by molar-refractivity contribution is 7.20. The fourth-order valence-electron chi connectivity index (χ4n) is 1.97. The highest BCUT2D eigenvalue weighted by atomic mass is 32.1. The second-order valence-electron chi connectivity index (χ2n) is 4.68. The zero-order valence-corrected chi connectivity index (χ0v) is 13.0. The topological polar surface area (TPSA) is 97.7 Å². The summed E-state index contributed by atoms with van der Waals surface area (Å²) in [5.41, 5.74) is 2.40. The van der Waals surface area contributed by atoms with Crippen molar-refractivity contribution < 1.29 is 14.1 Å². The highest BCUT2D eigenvalue weighted by Crippen LogP contribution is 2.28. The Balaban J connectivity index is 1.66. The molecule has 0 saturated carbocycles. The summed E-state index contributed by atoms with van der Waals surface area (Å²) in [5.74, 6) is 0.306. The van der Waals surface area contributed by atoms with E-state index in [2.05, 4.69) is 10.5 Å². The van der Waals surface area contributed by atoms with Gasteiger partial charge >= 0.3 is 0 Å². The molecule has 0 aliphatic rings. The lowest BCUT2D eigenvalue weighted by molar-refractivity contribution is -0.384. The van der Waals surface area contributed by atoms with Crippen LogP contribution in [0.3, 0.4) is 0 Å². The van der Waals surface area contributed by atoms with Crippen LogP contribution in [0.25, 0.3) is 16.2 Å². The van der Waals surface area contributed by atoms with Crippen molar-refractivity contribution in [1.29, 1.82) is 0 Å². The van der Waals surface area contributed by atoms with Gasteiger partial charge in [-0.3, -0.25) is 14.9 Å². The molecule has 1 aromatic carbocycles. The van der Waals surface area contributed by atoms with Crippen LogP contribution in [0.15, 0.2) is 58.3 Å². The van der Waals surface area contributed by atoms with Gasteiger partial charge in [0.15, 0.2) is 0 Å². The molecule has 0 unspecified atom stereocenters. The molecule has 2 aromatic heterocycles. The van der Waals surface area contributed by atoms with Gasteiger partial charge in [-0.05, 0) is 36.4 Å². The summed E-state index contributed by atoms with van der Waals surface area (Å²) in [6.45, 7) is 0. The van der Waals surface area contributed by atoms with Gasteiger partial charge in [0.25, 0.3) is 11.6 Å². The Kier molecular flexibility index (Phi) is 4.48. The van der Waals surface area contributed by atoms with E-state index in [0.29, 0.717) is 16.0 Å². The third-order valence-corrected chi connectivity index (χ3v) is 4.18. The predicted molar refractivity (Wildman–Crippen MR) is 92.2 cm³/mol. The van der Waals surface area contributed by atoms with Crippen LogP contribution in [-0.4, -0.2) is 17.0 Å². The largest absolute Gasteiger partial charge is 0.465 e. The van der Waals surface area contributed by atoms with Crippen LogP contribution in [0.2, 0.25) is 0 Å². The first-order valence-corrected chi connectivity index (χ1v) is 7.67. The van der Waals surface area contributed by atoms with Crippen molar-refractivity contribution in [3.05, 3.63) is 69.5 Å². The average molecular weight is 341 g/mol. The van der Waals surface area contributed by atoms with E-state index in [-0.39, 0.29) is 11.6 Å². The summed E-state index contributed by atoms with van der Waals surface area (Å²) in [7, 11) is 0. The van der Waals surface area contributed by atoms with Gasteiger partial charge in [-0.1, -0.05) is 0 Å². The molecule has 1 N–H and O–H groups in total. The Morgan fingerprint density at radius 2 is 2.21 bits per heavy atom. The number of hydrazone groups is 1. The second-order valence-corrected chi connectivity index (χ2v) is 5.77. The predicted octanol–water partition coefficient (Wildman–Crippen LogP) is 3.83. The van der Waals surface area contributed by atoms with Gasteiger partial charge in [0.2, 0.25) is 0 Å². The van der Waals surface area contributed by atoms with E-state index in [9.17, 15) is 14.9 Å². The Morgan fingerprint density at radius 3 is 2.96 bits per heavy atom. The summed E-state index contributed by atoms with van der Waals surface area (Å²) in [5, 5.41) is 15.2. The molecule has 0 aliphatic carbocycles. The number of rotatable bonds is 5. The van der Waals surface area contributed by atoms with Gasteiger partial charge in [-0.25, -0.2) is 5.43 Å². The van der Waals surface area contributed by atoms with E-state index >= 15 is 0 Å². The second kappa shape index (κ2) is 6.88. The van der Waals surface area contributed by atoms with Gasteiger partial charge in [-0.2, -0.15) is 5.10 Å². The third kappa shape index (κ3) is 3.55. The zero-order valence-electron chi connectivity index (χ0n) is 12.2. The van der Waals surface area contributed by atoms with Crippen LogP contribution in [-0.2, 0) is 0 Å². The number of nitrogens with one attached hydrogen (secondary N) is 1. The van der Waals surface area contributed by atoms with Crippen molar-refractivity contribution in [3.63, 3.8) is 0 Å². The molecule has 0 saturated heterocycles. The lowest BCUT2D eigenvalue weighted by atomic mass is 10.2. The minimum Gasteiger partial charge on any atom is -0.465 e. The molecule has 0 atom stereocenters. The quantitative estimate of drug-likeness (QED) is 0.433. The van der Waals surface area contributed by atoms with Crippen LogP contribution >= 0.6 is 11.3 Å². The van der Waals surface area contributed by atoms with Crippen LogP contribution < -0.4 is 5.43 Å². The molecule has 0 bridgehead atoms. The summed E-state index contributed by atoms with van der Waals surface area (Å²) >= 11 is 1.25. The van der Waals surface area contributed by atoms with E-state index < -0.39 is 4.92 Å². The molecule has 0 fully saturated rings. The summed E-state index contributed by atoms with van der Waals surface area (Å²) in [4.78, 5) is 22.8. The van der Waals surface area contributed by atoms with Crippen molar-refractivity contribution in [3.8, 4) is 0 Å². The number of nitro benzene ring substituents is 1. The fourth-order valence-corrected chi connectivity index (χ4v) is 2.91. The molecular weight excluding hydrogens is 330 g/mol. The van der Waals surface area contributed by atoms with E-state index in [1.807, 2.05) is 0 Å². The van der Waals surface area contributed by atoms with Crippen LogP contribution in [0.4, 0.5) is 5.69 Å². The zero-order chi connectivity index (χ0) is 16.9. The van der Waals surface area contributed by atoms with Crippen molar-refractivity contribution in [1.82, 2.24) is 5.43 Å². The monoisotopic (exact) mass is 341 g/mol. The summed E-state index contributed by atoms with van der Waals surface area (Å²) < 4.78 is 5.91. The van der Waals surface area contributed by atoms with Crippen LogP contribution in [0, 0.1) is 10.1 Å². The number of thiophene rings is 1. The van der Waals surface area contributed by atoms with E-state index in [1.54, 1.807) is 42.7 Å². The molecule has 3 rings (SSSR count). The van der Waals surface area contributed by atoms with E-state index in [0.717, 1.165) is 4.70 Å². The Bertz CT molecular complexity index is 942. The molecule has 7 nitrogen and oxygen atoms in total. The fraction of sp³-hybridized carbons (Fsp3) is 0. The molecule has 3 aromatic rings. The minimum absolute atomic E-state index is 0.00616. The third-order valence-electron chi connectivity index (χ3n) is 3.06. The number of non-ortho nitro benzene ring substituents is 1. The van der Waals surface area contributed by atoms with Crippen molar-refractivity contribution in [2.24, 2.45) is 5.10 Å². The van der Waals surface area contributed by atoms with Gasteiger partial charge in [0.1, 0.15) is 5.76 Å². The minimum atomic E-state index is -0.466. The maximum absolute atomic E-state index is 12.0. The molecule has 120 valence electrons. The lowest BCUT2D eigenvalue weighted by Gasteiger charge is -1.93. The normalized spacial score (nSPS) is 11.5. The number of benzene rings is 1. The number of furan rings is 1. The highest BCUT2D eigenvalue weighted by Gasteiger charge is 2.12. The standard InChI is InChI=1S/C16H11N3O4S/c20-16(18-17-7-1-3-13-4-2-8-23-13)15-10-11-9-12(19(21)22)5-6-14(11)24-15/h1-10H,(H,18,20). The van der Waals surface area contributed by atoms with E-state index in [4.69, 9.17) is 4.42 Å². The molecule has 2 heterocycles. The number of fused-ring (bicyclic) bond motifs is 1. The Hall–Kier alpha value is -3.26. The Morgan fingerprint density at radius 1 is 1.33 bits per heavy atom. The number of nitro groups is 1. The number of carbonyl (C=O) groups is 1. The van der Waals surface area contributed by atoms with Gasteiger partial charge in [0, 0.05) is 28.4 Å². The Labute approximate surface area is 140 Å².